The Bertz CT molecular complexity index is 371. The molecule has 17 heavy (non-hydrogen) atoms. The number of alkyl halides is 1. The first-order chi connectivity index (χ1) is 8.24. The molecule has 0 unspecified atom stereocenters. The maximum Gasteiger partial charge on any atom is 0.224 e. The van der Waals surface area contributed by atoms with Gasteiger partial charge in [-0.2, -0.15) is 0 Å². The number of carbonyl (C=O) groups is 1. The minimum absolute atomic E-state index is 0.0822. The zero-order chi connectivity index (χ0) is 12.1. The molecule has 0 aliphatic heterocycles. The number of nitrogens with one attached hydrogen (secondary N) is 1. The van der Waals surface area contributed by atoms with Crippen LogP contribution in [0.25, 0.3) is 0 Å². The third-order valence-electron chi connectivity index (χ3n) is 3.43. The van der Waals surface area contributed by atoms with E-state index >= 15 is 0 Å². The molecule has 1 saturated carbocycles. The van der Waals surface area contributed by atoms with E-state index in [1.165, 1.54) is 12.8 Å². The molecule has 0 bridgehead atoms. The van der Waals surface area contributed by atoms with Crippen LogP contribution in [0.1, 0.15) is 31.2 Å². The largest absolute Gasteiger partial charge is 0.349 e. The van der Waals surface area contributed by atoms with E-state index in [9.17, 15) is 4.79 Å². The summed E-state index contributed by atoms with van der Waals surface area (Å²) in [6.45, 7) is 0. The monoisotopic (exact) mass is 251 g/mol. The van der Waals surface area contributed by atoms with E-state index in [-0.39, 0.29) is 11.4 Å². The summed E-state index contributed by atoms with van der Waals surface area (Å²) < 4.78 is 0. The molecule has 2 rings (SSSR count). The summed E-state index contributed by atoms with van der Waals surface area (Å²) in [6.07, 6.45) is 4.80. The zero-order valence-electron chi connectivity index (χ0n) is 9.92. The van der Waals surface area contributed by atoms with Crippen molar-refractivity contribution in [2.45, 2.75) is 37.6 Å². The lowest BCUT2D eigenvalue weighted by atomic mass is 9.99. The fraction of sp³-hybridized carbons (Fsp3) is 0.500. The van der Waals surface area contributed by atoms with Crippen molar-refractivity contribution in [3.63, 3.8) is 0 Å². The quantitative estimate of drug-likeness (QED) is 0.820. The fourth-order valence-electron chi connectivity index (χ4n) is 2.47. The lowest BCUT2D eigenvalue weighted by Gasteiger charge is -2.27. The van der Waals surface area contributed by atoms with Crippen LogP contribution in [-0.2, 0) is 11.2 Å². The second-order valence-electron chi connectivity index (χ2n) is 4.83. The molecule has 1 N–H and O–H groups in total. The highest BCUT2D eigenvalue weighted by molar-refractivity contribution is 6.18. The Kier molecular flexibility index (Phi) is 4.06. The van der Waals surface area contributed by atoms with Gasteiger partial charge < -0.3 is 5.32 Å². The molecular weight excluding hydrogens is 234 g/mol. The molecule has 0 heterocycles. The van der Waals surface area contributed by atoms with Crippen molar-refractivity contribution in [1.82, 2.24) is 5.32 Å². The average Bonchev–Trinajstić information content (AvgIpc) is 2.79. The first kappa shape index (κ1) is 12.4. The molecule has 1 aromatic rings. The summed E-state index contributed by atoms with van der Waals surface area (Å²) in [7, 11) is 0. The highest BCUT2D eigenvalue weighted by Gasteiger charge is 2.34. The van der Waals surface area contributed by atoms with Gasteiger partial charge in [-0.05, 0) is 18.4 Å². The van der Waals surface area contributed by atoms with Crippen molar-refractivity contribution >= 4 is 17.5 Å². The molecule has 0 radical (unpaired) electrons. The summed E-state index contributed by atoms with van der Waals surface area (Å²) in [5, 5.41) is 3.12. The van der Waals surface area contributed by atoms with Crippen molar-refractivity contribution < 1.29 is 4.79 Å². The fourth-order valence-corrected chi connectivity index (χ4v) is 2.80. The molecule has 1 aliphatic rings. The van der Waals surface area contributed by atoms with Crippen LogP contribution in [0.4, 0.5) is 0 Å². The summed E-state index contributed by atoms with van der Waals surface area (Å²) in [5.41, 5.74) is 0.903. The van der Waals surface area contributed by atoms with Gasteiger partial charge in [-0.3, -0.25) is 4.79 Å². The van der Waals surface area contributed by atoms with Crippen molar-refractivity contribution in [2.24, 2.45) is 0 Å². The Balaban J connectivity index is 1.93. The Morgan fingerprint density at radius 3 is 2.47 bits per heavy atom. The van der Waals surface area contributed by atoms with E-state index in [1.54, 1.807) is 0 Å². The van der Waals surface area contributed by atoms with Crippen LogP contribution in [0.15, 0.2) is 30.3 Å². The van der Waals surface area contributed by atoms with Crippen LogP contribution in [-0.4, -0.2) is 17.3 Å². The van der Waals surface area contributed by atoms with Crippen molar-refractivity contribution in [2.75, 3.05) is 5.88 Å². The van der Waals surface area contributed by atoms with E-state index in [4.69, 9.17) is 11.6 Å². The number of rotatable bonds is 4. The second kappa shape index (κ2) is 5.54. The molecule has 2 nitrogen and oxygen atoms in total. The van der Waals surface area contributed by atoms with Gasteiger partial charge in [0.2, 0.25) is 5.91 Å². The lowest BCUT2D eigenvalue weighted by molar-refractivity contribution is -0.122. The first-order valence-electron chi connectivity index (χ1n) is 6.15. The van der Waals surface area contributed by atoms with Crippen molar-refractivity contribution in [3.8, 4) is 0 Å². The number of hydrogen-bond acceptors (Lipinski definition) is 1. The molecular formula is C14H18ClNO. The Morgan fingerprint density at radius 1 is 1.24 bits per heavy atom. The van der Waals surface area contributed by atoms with Crippen LogP contribution in [0.2, 0.25) is 0 Å². The standard InChI is InChI=1S/C14H18ClNO/c15-11-14(8-4-5-9-14)16-13(17)10-12-6-2-1-3-7-12/h1-3,6-7H,4-5,8-11H2,(H,16,17). The van der Waals surface area contributed by atoms with Crippen LogP contribution < -0.4 is 5.32 Å². The number of amides is 1. The SMILES string of the molecule is O=C(Cc1ccccc1)NC1(CCl)CCCC1. The van der Waals surface area contributed by atoms with E-state index in [2.05, 4.69) is 5.32 Å². The van der Waals surface area contributed by atoms with E-state index in [0.29, 0.717) is 12.3 Å². The molecule has 3 heteroatoms. The average molecular weight is 252 g/mol. The Morgan fingerprint density at radius 2 is 1.88 bits per heavy atom. The zero-order valence-corrected chi connectivity index (χ0v) is 10.7. The van der Waals surface area contributed by atoms with Gasteiger partial charge in [0.25, 0.3) is 0 Å². The number of halogens is 1. The summed E-state index contributed by atoms with van der Waals surface area (Å²) in [6, 6.07) is 9.81. The van der Waals surface area contributed by atoms with E-state index in [0.717, 1.165) is 18.4 Å². The molecule has 1 fully saturated rings. The number of carbonyl (C=O) groups excluding carboxylic acids is 1. The predicted octanol–water partition coefficient (Wildman–Crippen LogP) is 2.90. The molecule has 0 aromatic heterocycles. The van der Waals surface area contributed by atoms with Crippen molar-refractivity contribution in [3.05, 3.63) is 35.9 Å². The normalized spacial score (nSPS) is 17.9. The van der Waals surface area contributed by atoms with E-state index in [1.807, 2.05) is 30.3 Å². The van der Waals surface area contributed by atoms with E-state index < -0.39 is 0 Å². The topological polar surface area (TPSA) is 29.1 Å². The molecule has 0 spiro atoms. The third kappa shape index (κ3) is 3.22. The maximum atomic E-state index is 12.0. The molecule has 92 valence electrons. The van der Waals surface area contributed by atoms with Gasteiger partial charge in [0, 0.05) is 5.88 Å². The maximum absolute atomic E-state index is 12.0. The summed E-state index contributed by atoms with van der Waals surface area (Å²) >= 11 is 6.00. The highest BCUT2D eigenvalue weighted by Crippen LogP contribution is 2.30. The lowest BCUT2D eigenvalue weighted by Crippen LogP contribution is -2.48. The van der Waals surface area contributed by atoms with Gasteiger partial charge >= 0.3 is 0 Å². The number of hydrogen-bond donors (Lipinski definition) is 1. The van der Waals surface area contributed by atoms with Gasteiger partial charge in [0.1, 0.15) is 0 Å². The van der Waals surface area contributed by atoms with Crippen molar-refractivity contribution in [1.29, 1.82) is 0 Å². The van der Waals surface area contributed by atoms with Gasteiger partial charge in [-0.15, -0.1) is 11.6 Å². The summed E-state index contributed by atoms with van der Waals surface area (Å²) in [4.78, 5) is 12.0. The molecule has 1 aliphatic carbocycles. The minimum atomic E-state index is -0.145. The minimum Gasteiger partial charge on any atom is -0.349 e. The Hall–Kier alpha value is -1.02. The molecule has 0 atom stereocenters. The van der Waals surface area contributed by atoms with Crippen LogP contribution in [0, 0.1) is 0 Å². The van der Waals surface area contributed by atoms with Gasteiger partial charge in [-0.1, -0.05) is 43.2 Å². The van der Waals surface area contributed by atoms with Gasteiger partial charge in [0.15, 0.2) is 0 Å². The molecule has 1 aromatic carbocycles. The first-order valence-corrected chi connectivity index (χ1v) is 6.68. The van der Waals surface area contributed by atoms with Gasteiger partial charge in [-0.25, -0.2) is 0 Å². The van der Waals surface area contributed by atoms with Crippen LogP contribution in [0.5, 0.6) is 0 Å². The highest BCUT2D eigenvalue weighted by atomic mass is 35.5. The van der Waals surface area contributed by atoms with Crippen LogP contribution in [0.3, 0.4) is 0 Å². The second-order valence-corrected chi connectivity index (χ2v) is 5.10. The third-order valence-corrected chi connectivity index (χ3v) is 3.94. The molecule has 0 saturated heterocycles. The Labute approximate surface area is 107 Å². The van der Waals surface area contributed by atoms with Gasteiger partial charge in [0.05, 0.1) is 12.0 Å². The summed E-state index contributed by atoms with van der Waals surface area (Å²) in [5.74, 6) is 0.604. The smallest absolute Gasteiger partial charge is 0.224 e. The molecule has 1 amide bonds. The number of benzene rings is 1. The van der Waals surface area contributed by atoms with Crippen LogP contribution >= 0.6 is 11.6 Å². The predicted molar refractivity (Wildman–Crippen MR) is 70.2 cm³/mol.